The van der Waals surface area contributed by atoms with Crippen molar-refractivity contribution in [2.45, 2.75) is 57.0 Å². The maximum atomic E-state index is 10.7. The van der Waals surface area contributed by atoms with Crippen LogP contribution in [0.25, 0.3) is 0 Å². The summed E-state index contributed by atoms with van der Waals surface area (Å²) in [5, 5.41) is 0. The van der Waals surface area contributed by atoms with Gasteiger partial charge in [-0.05, 0) is 12.8 Å². The van der Waals surface area contributed by atoms with Gasteiger partial charge in [0.25, 0.3) is 0 Å². The second-order valence-corrected chi connectivity index (χ2v) is 7.07. The summed E-state index contributed by atoms with van der Waals surface area (Å²) in [6.45, 7) is 4.44. The summed E-state index contributed by atoms with van der Waals surface area (Å²) in [5.41, 5.74) is -11.1. The van der Waals surface area contributed by atoms with E-state index >= 15 is 0 Å². The maximum absolute atomic E-state index is 10.7. The van der Waals surface area contributed by atoms with Crippen molar-refractivity contribution in [2.75, 3.05) is 0 Å². The van der Waals surface area contributed by atoms with Crippen molar-refractivity contribution < 1.29 is 52.3 Å². The number of unbranched alkanes of at least 4 members (excludes halogenated alkanes) is 3. The SMILES string of the molecule is CCCC=CCCCC.O=S(=O)(O)C(F)(F)F.O=S(=O)(O)C(F)(F)F. The number of halogens is 6. The Kier molecular flexibility index (Phi) is 14.4. The molecule has 154 valence electrons. The zero-order valence-electron chi connectivity index (χ0n) is 13.3. The molecule has 2 N–H and O–H groups in total. The summed E-state index contributed by atoms with van der Waals surface area (Å²) in [4.78, 5) is 0. The average molecular weight is 426 g/mol. The van der Waals surface area contributed by atoms with Crippen LogP contribution in [-0.4, -0.2) is 37.0 Å². The largest absolute Gasteiger partial charge is 0.522 e. The first kappa shape index (κ1) is 28.9. The molecule has 0 aliphatic rings. The van der Waals surface area contributed by atoms with E-state index in [1.165, 1.54) is 32.1 Å². The first-order chi connectivity index (χ1) is 10.9. The van der Waals surface area contributed by atoms with E-state index in [0.29, 0.717) is 0 Å². The van der Waals surface area contributed by atoms with Crippen molar-refractivity contribution in [1.82, 2.24) is 0 Å². The molecule has 0 bridgehead atoms. The van der Waals surface area contributed by atoms with E-state index in [2.05, 4.69) is 26.0 Å². The number of allylic oxidation sites excluding steroid dienone is 2. The van der Waals surface area contributed by atoms with Crippen molar-refractivity contribution in [2.24, 2.45) is 0 Å². The number of hydrogen-bond donors (Lipinski definition) is 2. The Bertz CT molecular complexity index is 521. The topological polar surface area (TPSA) is 109 Å². The third-order valence-corrected chi connectivity index (χ3v) is 3.10. The summed E-state index contributed by atoms with van der Waals surface area (Å²) >= 11 is 0. The normalized spacial score (nSPS) is 12.9. The van der Waals surface area contributed by atoms with Crippen LogP contribution in [0.5, 0.6) is 0 Å². The van der Waals surface area contributed by atoms with Crippen LogP contribution in [0, 0.1) is 0 Å². The number of alkyl halides is 6. The van der Waals surface area contributed by atoms with Gasteiger partial charge in [-0.3, -0.25) is 9.11 Å². The van der Waals surface area contributed by atoms with Gasteiger partial charge in [0.05, 0.1) is 0 Å². The predicted octanol–water partition coefficient (Wildman–Crippen LogP) is 4.32. The van der Waals surface area contributed by atoms with Crippen LogP contribution in [0.2, 0.25) is 0 Å². The molecule has 0 rings (SSSR count). The fraction of sp³-hybridized carbons (Fsp3) is 0.818. The predicted molar refractivity (Wildman–Crippen MR) is 78.8 cm³/mol. The molecule has 25 heavy (non-hydrogen) atoms. The van der Waals surface area contributed by atoms with Gasteiger partial charge in [-0.25, -0.2) is 0 Å². The highest BCUT2D eigenvalue weighted by atomic mass is 32.2. The van der Waals surface area contributed by atoms with Crippen molar-refractivity contribution in [3.05, 3.63) is 12.2 Å². The molecular weight excluding hydrogens is 406 g/mol. The van der Waals surface area contributed by atoms with E-state index in [9.17, 15) is 26.3 Å². The van der Waals surface area contributed by atoms with Crippen molar-refractivity contribution in [3.8, 4) is 0 Å². The Morgan fingerprint density at radius 2 is 1.00 bits per heavy atom. The van der Waals surface area contributed by atoms with Crippen molar-refractivity contribution in [1.29, 1.82) is 0 Å². The summed E-state index contributed by atoms with van der Waals surface area (Å²) in [7, 11) is -11.7. The van der Waals surface area contributed by atoms with Crippen LogP contribution in [0.3, 0.4) is 0 Å². The van der Waals surface area contributed by atoms with Crippen molar-refractivity contribution in [3.63, 3.8) is 0 Å². The Morgan fingerprint density at radius 1 is 0.720 bits per heavy atom. The van der Waals surface area contributed by atoms with Crippen molar-refractivity contribution >= 4 is 20.2 Å². The van der Waals surface area contributed by atoms with Gasteiger partial charge in [0, 0.05) is 0 Å². The van der Waals surface area contributed by atoms with E-state index in [-0.39, 0.29) is 0 Å². The zero-order chi connectivity index (χ0) is 20.9. The highest BCUT2D eigenvalue weighted by Gasteiger charge is 2.45. The second-order valence-electron chi connectivity index (χ2n) is 4.24. The van der Waals surface area contributed by atoms with E-state index in [1.807, 2.05) is 0 Å². The lowest BCUT2D eigenvalue weighted by Crippen LogP contribution is -2.21. The van der Waals surface area contributed by atoms with Crippen LogP contribution in [0.15, 0.2) is 12.2 Å². The van der Waals surface area contributed by atoms with Crippen LogP contribution in [0.1, 0.15) is 46.0 Å². The molecule has 0 saturated carbocycles. The van der Waals surface area contributed by atoms with Crippen LogP contribution in [-0.2, 0) is 20.2 Å². The average Bonchev–Trinajstić information content (AvgIpc) is 2.35. The molecule has 0 saturated heterocycles. The van der Waals surface area contributed by atoms with E-state index in [0.717, 1.165) is 0 Å². The molecule has 0 aromatic heterocycles. The molecule has 0 fully saturated rings. The van der Waals surface area contributed by atoms with Gasteiger partial charge < -0.3 is 0 Å². The molecule has 0 aromatic carbocycles. The first-order valence-electron chi connectivity index (χ1n) is 6.64. The Hall–Kier alpha value is -0.860. The Morgan fingerprint density at radius 3 is 1.20 bits per heavy atom. The maximum Gasteiger partial charge on any atom is 0.522 e. The first-order valence-corrected chi connectivity index (χ1v) is 9.52. The van der Waals surface area contributed by atoms with E-state index in [1.54, 1.807) is 0 Å². The molecule has 6 nitrogen and oxygen atoms in total. The lowest BCUT2D eigenvalue weighted by molar-refractivity contribution is -0.0514. The smallest absolute Gasteiger partial charge is 0.279 e. The molecule has 0 aromatic rings. The van der Waals surface area contributed by atoms with Gasteiger partial charge in [0.2, 0.25) is 0 Å². The third-order valence-electron chi connectivity index (χ3n) is 1.93. The summed E-state index contributed by atoms with van der Waals surface area (Å²) in [6, 6.07) is 0. The lowest BCUT2D eigenvalue weighted by atomic mass is 10.2. The van der Waals surface area contributed by atoms with Crippen LogP contribution >= 0.6 is 0 Å². The molecule has 0 unspecified atom stereocenters. The molecule has 0 amide bonds. The quantitative estimate of drug-likeness (QED) is 0.223. The Labute approximate surface area is 142 Å². The highest BCUT2D eigenvalue weighted by molar-refractivity contribution is 7.86. The molecular formula is C11H20F6O6S2. The van der Waals surface area contributed by atoms with Gasteiger partial charge in [-0.1, -0.05) is 45.3 Å². The summed E-state index contributed by atoms with van der Waals surface area (Å²) in [5.74, 6) is 0. The van der Waals surface area contributed by atoms with Gasteiger partial charge in [0.15, 0.2) is 0 Å². The molecule has 0 atom stereocenters. The monoisotopic (exact) mass is 426 g/mol. The van der Waals surface area contributed by atoms with Crippen LogP contribution in [0.4, 0.5) is 26.3 Å². The number of hydrogen-bond acceptors (Lipinski definition) is 4. The van der Waals surface area contributed by atoms with Crippen LogP contribution < -0.4 is 0 Å². The summed E-state index contributed by atoms with van der Waals surface area (Å²) < 4.78 is 115. The van der Waals surface area contributed by atoms with Gasteiger partial charge >= 0.3 is 31.3 Å². The fourth-order valence-corrected chi connectivity index (χ4v) is 0.724. The molecule has 0 radical (unpaired) electrons. The number of rotatable bonds is 5. The highest BCUT2D eigenvalue weighted by Crippen LogP contribution is 2.21. The van der Waals surface area contributed by atoms with Gasteiger partial charge in [-0.2, -0.15) is 43.2 Å². The second kappa shape index (κ2) is 12.5. The minimum absolute atomic E-state index is 1.25. The molecule has 0 aliphatic carbocycles. The summed E-state index contributed by atoms with van der Waals surface area (Å²) in [6.07, 6.45) is 11.1. The standard InChI is InChI=1S/C9H18.2CHF3O3S/c1-3-5-7-9-8-6-4-2;2*2-1(3,4)8(5,6)7/h7,9H,3-6,8H2,1-2H3;2*(H,5,6,7). The Balaban J connectivity index is -0.000000291. The molecule has 0 aliphatic heterocycles. The molecule has 0 heterocycles. The van der Waals surface area contributed by atoms with Gasteiger partial charge in [-0.15, -0.1) is 0 Å². The zero-order valence-corrected chi connectivity index (χ0v) is 14.9. The lowest BCUT2D eigenvalue weighted by Gasteiger charge is -1.97. The third kappa shape index (κ3) is 19.3. The minimum atomic E-state index is -5.84. The van der Waals surface area contributed by atoms with E-state index < -0.39 is 31.3 Å². The van der Waals surface area contributed by atoms with E-state index in [4.69, 9.17) is 25.9 Å². The van der Waals surface area contributed by atoms with Gasteiger partial charge in [0.1, 0.15) is 0 Å². The minimum Gasteiger partial charge on any atom is -0.279 e. The molecule has 0 spiro atoms. The fourth-order valence-electron chi connectivity index (χ4n) is 0.724. The molecule has 14 heteroatoms.